The minimum absolute atomic E-state index is 0.0351. The van der Waals surface area contributed by atoms with Crippen LogP contribution in [0.2, 0.25) is 0 Å². The van der Waals surface area contributed by atoms with E-state index in [1.165, 1.54) is 0 Å². The Kier molecular flexibility index (Phi) is 3.80. The number of aromatic nitrogens is 3. The van der Waals surface area contributed by atoms with Gasteiger partial charge in [-0.2, -0.15) is 0 Å². The maximum Gasteiger partial charge on any atom is 0.358 e. The van der Waals surface area contributed by atoms with Crippen molar-refractivity contribution in [3.63, 3.8) is 0 Å². The van der Waals surface area contributed by atoms with Crippen LogP contribution in [0, 0.1) is 24.4 Å². The van der Waals surface area contributed by atoms with Gasteiger partial charge >= 0.3 is 5.97 Å². The van der Waals surface area contributed by atoms with Crippen molar-refractivity contribution in [2.45, 2.75) is 6.92 Å². The van der Waals surface area contributed by atoms with E-state index in [1.54, 1.807) is 24.3 Å². The molecular formula is C16H10F3N3O2. The SMILES string of the molecule is Cc1ccc(-c2c(C(=O)O)nnn2-c2cc(F)c(F)c(F)c2)cc1. The summed E-state index contributed by atoms with van der Waals surface area (Å²) in [5.74, 6) is -5.78. The molecule has 0 unspecified atom stereocenters. The Morgan fingerprint density at radius 2 is 1.67 bits per heavy atom. The number of carboxylic acid groups (broad SMARTS) is 1. The second kappa shape index (κ2) is 5.80. The molecule has 24 heavy (non-hydrogen) atoms. The van der Waals surface area contributed by atoms with Gasteiger partial charge in [-0.25, -0.2) is 22.6 Å². The number of carboxylic acids is 1. The van der Waals surface area contributed by atoms with Gasteiger partial charge in [0.05, 0.1) is 5.69 Å². The highest BCUT2D eigenvalue weighted by molar-refractivity contribution is 5.93. The van der Waals surface area contributed by atoms with Crippen LogP contribution < -0.4 is 0 Å². The van der Waals surface area contributed by atoms with Crippen LogP contribution in [0.25, 0.3) is 16.9 Å². The number of rotatable bonds is 3. The number of carbonyl (C=O) groups is 1. The molecule has 0 fully saturated rings. The molecule has 1 aromatic heterocycles. The summed E-state index contributed by atoms with van der Waals surface area (Å²) in [6.45, 7) is 1.85. The third-order valence-electron chi connectivity index (χ3n) is 3.41. The summed E-state index contributed by atoms with van der Waals surface area (Å²) in [5.41, 5.74) is 0.848. The summed E-state index contributed by atoms with van der Waals surface area (Å²) in [6, 6.07) is 8.18. The van der Waals surface area contributed by atoms with Crippen LogP contribution in [0.3, 0.4) is 0 Å². The van der Waals surface area contributed by atoms with Crippen molar-refractivity contribution < 1.29 is 23.1 Å². The van der Waals surface area contributed by atoms with Gasteiger partial charge < -0.3 is 5.11 Å². The van der Waals surface area contributed by atoms with Gasteiger partial charge in [-0.05, 0) is 6.92 Å². The lowest BCUT2D eigenvalue weighted by atomic mass is 10.1. The van der Waals surface area contributed by atoms with Crippen molar-refractivity contribution >= 4 is 5.97 Å². The fraction of sp³-hybridized carbons (Fsp3) is 0.0625. The lowest BCUT2D eigenvalue weighted by molar-refractivity contribution is 0.0691. The van der Waals surface area contributed by atoms with Crippen LogP contribution in [0.5, 0.6) is 0 Å². The van der Waals surface area contributed by atoms with Gasteiger partial charge in [0.2, 0.25) is 0 Å². The molecule has 0 radical (unpaired) electrons. The van der Waals surface area contributed by atoms with Gasteiger partial charge in [-0.3, -0.25) is 0 Å². The summed E-state index contributed by atoms with van der Waals surface area (Å²) in [6.07, 6.45) is 0. The normalized spacial score (nSPS) is 10.8. The molecular weight excluding hydrogens is 323 g/mol. The maximum atomic E-state index is 13.5. The zero-order valence-corrected chi connectivity index (χ0v) is 12.3. The van der Waals surface area contributed by atoms with Crippen molar-refractivity contribution in [1.82, 2.24) is 15.0 Å². The third kappa shape index (κ3) is 2.62. The molecule has 5 nitrogen and oxygen atoms in total. The largest absolute Gasteiger partial charge is 0.476 e. The molecule has 0 saturated carbocycles. The Balaban J connectivity index is 2.26. The molecule has 3 aromatic rings. The van der Waals surface area contributed by atoms with E-state index >= 15 is 0 Å². The topological polar surface area (TPSA) is 68.0 Å². The van der Waals surface area contributed by atoms with Crippen molar-refractivity contribution in [3.05, 3.63) is 65.1 Å². The minimum atomic E-state index is -1.62. The van der Waals surface area contributed by atoms with Crippen LogP contribution >= 0.6 is 0 Å². The lowest BCUT2D eigenvalue weighted by Crippen LogP contribution is -2.05. The predicted octanol–water partition coefficient (Wildman–Crippen LogP) is 3.36. The van der Waals surface area contributed by atoms with Crippen LogP contribution in [-0.2, 0) is 0 Å². The molecule has 0 atom stereocenters. The number of nitrogens with zero attached hydrogens (tertiary/aromatic N) is 3. The number of halogens is 3. The molecule has 0 aliphatic rings. The summed E-state index contributed by atoms with van der Waals surface area (Å²) in [5, 5.41) is 16.5. The average Bonchev–Trinajstić information content (AvgIpc) is 2.98. The molecule has 0 spiro atoms. The van der Waals surface area contributed by atoms with E-state index in [1.807, 2.05) is 6.92 Å². The van der Waals surface area contributed by atoms with Gasteiger partial charge in [0.15, 0.2) is 23.1 Å². The van der Waals surface area contributed by atoms with E-state index < -0.39 is 23.4 Å². The number of aryl methyl sites for hydroxylation is 1. The summed E-state index contributed by atoms with van der Waals surface area (Å²) in [4.78, 5) is 11.4. The molecule has 8 heteroatoms. The van der Waals surface area contributed by atoms with E-state index in [9.17, 15) is 23.1 Å². The molecule has 3 rings (SSSR count). The quantitative estimate of drug-likeness (QED) is 0.746. The fourth-order valence-corrected chi connectivity index (χ4v) is 2.24. The van der Waals surface area contributed by atoms with Crippen LogP contribution in [0.1, 0.15) is 16.1 Å². The molecule has 0 amide bonds. The number of benzene rings is 2. The average molecular weight is 333 g/mol. The Bertz CT molecular complexity index is 913. The summed E-state index contributed by atoms with van der Waals surface area (Å²) < 4.78 is 41.1. The molecule has 122 valence electrons. The molecule has 1 N–H and O–H groups in total. The zero-order valence-electron chi connectivity index (χ0n) is 12.3. The van der Waals surface area contributed by atoms with Gasteiger partial charge in [0, 0.05) is 17.7 Å². The van der Waals surface area contributed by atoms with Crippen LogP contribution in [-0.4, -0.2) is 26.1 Å². The number of aromatic carboxylic acids is 1. The second-order valence-corrected chi connectivity index (χ2v) is 5.09. The van der Waals surface area contributed by atoms with Gasteiger partial charge in [-0.15, -0.1) is 5.10 Å². The van der Waals surface area contributed by atoms with Crippen molar-refractivity contribution in [1.29, 1.82) is 0 Å². The number of hydrogen-bond donors (Lipinski definition) is 1. The molecule has 0 aliphatic heterocycles. The molecule has 0 saturated heterocycles. The first-order valence-corrected chi connectivity index (χ1v) is 6.79. The molecule has 0 bridgehead atoms. The van der Waals surface area contributed by atoms with Gasteiger partial charge in [0.1, 0.15) is 5.69 Å². The highest BCUT2D eigenvalue weighted by Gasteiger charge is 2.23. The predicted molar refractivity (Wildman–Crippen MR) is 78.4 cm³/mol. The molecule has 1 heterocycles. The van der Waals surface area contributed by atoms with Crippen LogP contribution in [0.15, 0.2) is 36.4 Å². The standard InChI is InChI=1S/C16H10F3N3O2/c1-8-2-4-9(5-3-8)15-14(16(23)24)20-21-22(15)10-6-11(17)13(19)12(18)7-10/h2-7H,1H3,(H,23,24). The fourth-order valence-electron chi connectivity index (χ4n) is 2.24. The van der Waals surface area contributed by atoms with E-state index in [2.05, 4.69) is 10.3 Å². The van der Waals surface area contributed by atoms with Gasteiger partial charge in [-0.1, -0.05) is 35.0 Å². The van der Waals surface area contributed by atoms with Crippen LogP contribution in [0.4, 0.5) is 13.2 Å². The minimum Gasteiger partial charge on any atom is -0.476 e. The first-order chi connectivity index (χ1) is 11.4. The highest BCUT2D eigenvalue weighted by Crippen LogP contribution is 2.27. The second-order valence-electron chi connectivity index (χ2n) is 5.09. The zero-order chi connectivity index (χ0) is 17.4. The van der Waals surface area contributed by atoms with E-state index in [0.717, 1.165) is 22.4 Å². The van der Waals surface area contributed by atoms with E-state index in [4.69, 9.17) is 0 Å². The smallest absolute Gasteiger partial charge is 0.358 e. The summed E-state index contributed by atoms with van der Waals surface area (Å²) >= 11 is 0. The molecule has 2 aromatic carbocycles. The Hall–Kier alpha value is -3.16. The monoisotopic (exact) mass is 333 g/mol. The third-order valence-corrected chi connectivity index (χ3v) is 3.41. The lowest BCUT2D eigenvalue weighted by Gasteiger charge is -2.08. The first-order valence-electron chi connectivity index (χ1n) is 6.79. The maximum absolute atomic E-state index is 13.5. The van der Waals surface area contributed by atoms with Crippen molar-refractivity contribution in [2.24, 2.45) is 0 Å². The van der Waals surface area contributed by atoms with E-state index in [-0.39, 0.29) is 17.1 Å². The van der Waals surface area contributed by atoms with Crippen molar-refractivity contribution in [2.75, 3.05) is 0 Å². The Morgan fingerprint density at radius 3 is 2.21 bits per heavy atom. The van der Waals surface area contributed by atoms with E-state index in [0.29, 0.717) is 5.56 Å². The number of hydrogen-bond acceptors (Lipinski definition) is 3. The molecule has 0 aliphatic carbocycles. The van der Waals surface area contributed by atoms with Gasteiger partial charge in [0.25, 0.3) is 0 Å². The highest BCUT2D eigenvalue weighted by atomic mass is 19.2. The first kappa shape index (κ1) is 15.7. The Labute approximate surface area is 134 Å². The van der Waals surface area contributed by atoms with Crippen molar-refractivity contribution in [3.8, 4) is 16.9 Å². The Morgan fingerprint density at radius 1 is 1.08 bits per heavy atom. The summed E-state index contributed by atoms with van der Waals surface area (Å²) in [7, 11) is 0.